The second-order valence-corrected chi connectivity index (χ2v) is 5.73. The van der Waals surface area contributed by atoms with Crippen LogP contribution in [0.5, 0.6) is 0 Å². The minimum Gasteiger partial charge on any atom is -0.346 e. The first kappa shape index (κ1) is 17.9. The molecule has 3 atom stereocenters. The Hall–Kier alpha value is -1.19. The topological polar surface area (TPSA) is 35.5 Å². The molecule has 0 aromatic rings. The molecule has 1 aliphatic heterocycles. The summed E-state index contributed by atoms with van der Waals surface area (Å²) in [7, 11) is 0. The first-order valence-electron chi connectivity index (χ1n) is 7.85. The molecule has 0 spiro atoms. The maximum absolute atomic E-state index is 10.5. The first-order chi connectivity index (χ1) is 10.0. The standard InChI is InChI=1S/C18H28O3/c1-5-16(13-15(4)11-12-19)9-10-17-7-6-8-18(21-17)20-14(2)3/h6,8-10,12-15,17-18H,5,7,11H2,1-4H3/b10-9+,16-13-/t15-,17-,18?/m1/s1. The van der Waals surface area contributed by atoms with E-state index in [-0.39, 0.29) is 24.4 Å². The lowest BCUT2D eigenvalue weighted by Gasteiger charge is -2.25. The van der Waals surface area contributed by atoms with Crippen LogP contribution in [0.4, 0.5) is 0 Å². The number of hydrogen-bond acceptors (Lipinski definition) is 3. The molecule has 0 aromatic carbocycles. The van der Waals surface area contributed by atoms with E-state index >= 15 is 0 Å². The average molecular weight is 292 g/mol. The van der Waals surface area contributed by atoms with Gasteiger partial charge in [0, 0.05) is 6.42 Å². The Morgan fingerprint density at radius 1 is 1.43 bits per heavy atom. The van der Waals surface area contributed by atoms with E-state index in [4.69, 9.17) is 9.47 Å². The van der Waals surface area contributed by atoms with Gasteiger partial charge in [-0.1, -0.05) is 43.7 Å². The molecule has 1 unspecified atom stereocenters. The van der Waals surface area contributed by atoms with E-state index < -0.39 is 0 Å². The summed E-state index contributed by atoms with van der Waals surface area (Å²) in [5.41, 5.74) is 1.24. The van der Waals surface area contributed by atoms with Gasteiger partial charge < -0.3 is 14.3 Å². The summed E-state index contributed by atoms with van der Waals surface area (Å²) in [6.45, 7) is 8.19. The molecule has 1 rings (SSSR count). The Labute approximate surface area is 128 Å². The lowest BCUT2D eigenvalue weighted by atomic mass is 10.0. The van der Waals surface area contributed by atoms with Crippen LogP contribution in [0.3, 0.4) is 0 Å². The number of allylic oxidation sites excluding steroid dienone is 3. The van der Waals surface area contributed by atoms with E-state index in [1.165, 1.54) is 5.57 Å². The van der Waals surface area contributed by atoms with Gasteiger partial charge in [-0.05, 0) is 38.7 Å². The number of carbonyl (C=O) groups excluding carboxylic acids is 1. The molecule has 21 heavy (non-hydrogen) atoms. The molecule has 118 valence electrons. The molecule has 1 aliphatic rings. The van der Waals surface area contributed by atoms with Crippen molar-refractivity contribution in [2.75, 3.05) is 0 Å². The predicted octanol–water partition coefficient (Wildman–Crippen LogP) is 4.20. The second-order valence-electron chi connectivity index (χ2n) is 5.73. The van der Waals surface area contributed by atoms with Crippen molar-refractivity contribution >= 4 is 6.29 Å². The fourth-order valence-electron chi connectivity index (χ4n) is 2.17. The third-order valence-corrected chi connectivity index (χ3v) is 3.28. The molecule has 0 fully saturated rings. The van der Waals surface area contributed by atoms with Gasteiger partial charge in [0.15, 0.2) is 6.29 Å². The zero-order valence-corrected chi connectivity index (χ0v) is 13.6. The van der Waals surface area contributed by atoms with Gasteiger partial charge in [-0.2, -0.15) is 0 Å². The van der Waals surface area contributed by atoms with E-state index in [2.05, 4.69) is 38.2 Å². The van der Waals surface area contributed by atoms with Gasteiger partial charge >= 0.3 is 0 Å². The normalized spacial score (nSPS) is 24.7. The highest BCUT2D eigenvalue weighted by Gasteiger charge is 2.17. The van der Waals surface area contributed by atoms with Crippen LogP contribution in [0, 0.1) is 5.92 Å². The Bertz CT molecular complexity index is 393. The molecular formula is C18H28O3. The zero-order chi connectivity index (χ0) is 15.7. The summed E-state index contributed by atoms with van der Waals surface area (Å²) in [6, 6.07) is 0. The van der Waals surface area contributed by atoms with Gasteiger partial charge in [-0.25, -0.2) is 0 Å². The van der Waals surface area contributed by atoms with Crippen molar-refractivity contribution in [2.24, 2.45) is 5.92 Å². The fourth-order valence-corrected chi connectivity index (χ4v) is 2.17. The summed E-state index contributed by atoms with van der Waals surface area (Å²) in [5, 5.41) is 0. The molecule has 0 aromatic heterocycles. The molecule has 0 N–H and O–H groups in total. The second kappa shape index (κ2) is 9.69. The van der Waals surface area contributed by atoms with Crippen molar-refractivity contribution < 1.29 is 14.3 Å². The maximum Gasteiger partial charge on any atom is 0.177 e. The van der Waals surface area contributed by atoms with Crippen molar-refractivity contribution in [1.82, 2.24) is 0 Å². The third kappa shape index (κ3) is 7.39. The van der Waals surface area contributed by atoms with Crippen molar-refractivity contribution in [3.63, 3.8) is 0 Å². The molecule has 3 nitrogen and oxygen atoms in total. The first-order valence-corrected chi connectivity index (χ1v) is 7.85. The molecule has 0 aliphatic carbocycles. The van der Waals surface area contributed by atoms with Gasteiger partial charge in [-0.15, -0.1) is 0 Å². The van der Waals surface area contributed by atoms with Gasteiger partial charge in [0.1, 0.15) is 6.29 Å². The van der Waals surface area contributed by atoms with Crippen LogP contribution in [0.25, 0.3) is 0 Å². The van der Waals surface area contributed by atoms with Crippen molar-refractivity contribution in [3.8, 4) is 0 Å². The third-order valence-electron chi connectivity index (χ3n) is 3.28. The Morgan fingerprint density at radius 2 is 2.19 bits per heavy atom. The quantitative estimate of drug-likeness (QED) is 0.382. The lowest BCUT2D eigenvalue weighted by molar-refractivity contribution is -0.154. The Morgan fingerprint density at radius 3 is 2.81 bits per heavy atom. The van der Waals surface area contributed by atoms with Crippen LogP contribution in [0.15, 0.2) is 36.0 Å². The summed E-state index contributed by atoms with van der Waals surface area (Å²) in [5.74, 6) is 0.284. The Balaban J connectivity index is 2.58. The summed E-state index contributed by atoms with van der Waals surface area (Å²) in [4.78, 5) is 10.5. The molecule has 0 amide bonds. The smallest absolute Gasteiger partial charge is 0.177 e. The van der Waals surface area contributed by atoms with Crippen LogP contribution in [0.2, 0.25) is 0 Å². The number of ether oxygens (including phenoxy) is 2. The monoisotopic (exact) mass is 292 g/mol. The highest BCUT2D eigenvalue weighted by molar-refractivity contribution is 5.50. The molecule has 0 saturated heterocycles. The maximum atomic E-state index is 10.5. The van der Waals surface area contributed by atoms with E-state index in [0.717, 1.165) is 19.1 Å². The number of hydrogen-bond donors (Lipinski definition) is 0. The average Bonchev–Trinajstić information content (AvgIpc) is 2.43. The predicted molar refractivity (Wildman–Crippen MR) is 86.0 cm³/mol. The minimum absolute atomic E-state index is 0.0510. The van der Waals surface area contributed by atoms with Gasteiger partial charge in [0.2, 0.25) is 0 Å². The molecule has 0 bridgehead atoms. The fraction of sp³-hybridized carbons (Fsp3) is 0.611. The van der Waals surface area contributed by atoms with Crippen molar-refractivity contribution in [2.45, 2.75) is 65.5 Å². The zero-order valence-electron chi connectivity index (χ0n) is 13.6. The molecule has 1 heterocycles. The van der Waals surface area contributed by atoms with E-state index in [1.807, 2.05) is 19.9 Å². The summed E-state index contributed by atoms with van der Waals surface area (Å²) < 4.78 is 11.5. The molecule has 0 saturated carbocycles. The molecule has 3 heteroatoms. The number of rotatable bonds is 8. The largest absolute Gasteiger partial charge is 0.346 e. The summed E-state index contributed by atoms with van der Waals surface area (Å²) in [6.07, 6.45) is 13.7. The number of aldehydes is 1. The van der Waals surface area contributed by atoms with Crippen molar-refractivity contribution in [3.05, 3.63) is 36.0 Å². The van der Waals surface area contributed by atoms with Gasteiger partial charge in [0.25, 0.3) is 0 Å². The SMILES string of the molecule is CCC(=C/[C@H](C)CC=O)/C=C/[C@H]1CC=CC(OC(C)C)O1. The van der Waals surface area contributed by atoms with Crippen LogP contribution >= 0.6 is 0 Å². The number of carbonyl (C=O) groups is 1. The minimum atomic E-state index is -0.253. The highest BCUT2D eigenvalue weighted by Crippen LogP contribution is 2.18. The van der Waals surface area contributed by atoms with Crippen LogP contribution in [-0.2, 0) is 14.3 Å². The van der Waals surface area contributed by atoms with Gasteiger partial charge in [-0.3, -0.25) is 0 Å². The van der Waals surface area contributed by atoms with Crippen LogP contribution in [-0.4, -0.2) is 24.8 Å². The van der Waals surface area contributed by atoms with E-state index in [1.54, 1.807) is 0 Å². The van der Waals surface area contributed by atoms with Crippen LogP contribution < -0.4 is 0 Å². The molecule has 0 radical (unpaired) electrons. The highest BCUT2D eigenvalue weighted by atomic mass is 16.7. The van der Waals surface area contributed by atoms with E-state index in [0.29, 0.717) is 6.42 Å². The van der Waals surface area contributed by atoms with Crippen molar-refractivity contribution in [1.29, 1.82) is 0 Å². The van der Waals surface area contributed by atoms with Crippen LogP contribution in [0.1, 0.15) is 47.0 Å². The van der Waals surface area contributed by atoms with E-state index in [9.17, 15) is 4.79 Å². The lowest BCUT2D eigenvalue weighted by Crippen LogP contribution is -2.27. The van der Waals surface area contributed by atoms with Gasteiger partial charge in [0.05, 0.1) is 12.2 Å². The Kier molecular flexibility index (Phi) is 8.24. The summed E-state index contributed by atoms with van der Waals surface area (Å²) >= 11 is 0. The molecular weight excluding hydrogens is 264 g/mol.